The van der Waals surface area contributed by atoms with Gasteiger partial charge in [0.25, 0.3) is 11.5 Å². The molecule has 0 radical (unpaired) electrons. The van der Waals surface area contributed by atoms with Crippen LogP contribution in [-0.4, -0.2) is 112 Å². The highest BCUT2D eigenvalue weighted by molar-refractivity contribution is 7.91. The number of aliphatic imine (C=N–C) groups is 1. The lowest BCUT2D eigenvalue weighted by Crippen LogP contribution is -2.57. The Morgan fingerprint density at radius 2 is 1.72 bits per heavy atom. The van der Waals surface area contributed by atoms with E-state index in [1.165, 1.54) is 15.7 Å². The summed E-state index contributed by atoms with van der Waals surface area (Å²) in [6.45, 7) is 10.3. The molecule has 0 spiro atoms. The van der Waals surface area contributed by atoms with Gasteiger partial charge >= 0.3 is 0 Å². The molecule has 22 heteroatoms. The molecule has 1 fully saturated rings. The molecule has 1 aromatic carbocycles. The number of carbonyl (C=O) groups is 3. The zero-order chi connectivity index (χ0) is 56.6. The van der Waals surface area contributed by atoms with Crippen molar-refractivity contribution in [2.24, 2.45) is 17.5 Å². The zero-order valence-electron chi connectivity index (χ0n) is 45.8. The summed E-state index contributed by atoms with van der Waals surface area (Å²) in [6.07, 6.45) is 11.8. The van der Waals surface area contributed by atoms with Crippen molar-refractivity contribution in [1.29, 1.82) is 0 Å². The predicted octanol–water partition coefficient (Wildman–Crippen LogP) is 6.71. The average molecular weight is 1130 g/mol. The number of anilines is 1. The topological polar surface area (TPSA) is 230 Å². The summed E-state index contributed by atoms with van der Waals surface area (Å²) >= 11 is 1.58. The number of likely N-dealkylation sites (tertiary alicyclic amines) is 1. The maximum Gasteiger partial charge on any atom is 0.260 e. The maximum absolute atomic E-state index is 15.4. The third kappa shape index (κ3) is 12.3. The Kier molecular flexibility index (Phi) is 16.8. The molecule has 5 N–H and O–H groups in total. The van der Waals surface area contributed by atoms with Gasteiger partial charge in [0.1, 0.15) is 17.7 Å². The fourth-order valence-electron chi connectivity index (χ4n) is 11.3. The third-order valence-corrected chi connectivity index (χ3v) is 17.1. The number of hydroxylamine groups is 1. The molecule has 422 valence electrons. The molecular formula is C57H70F2N10O8S2. The van der Waals surface area contributed by atoms with Gasteiger partial charge in [-0.25, -0.2) is 42.5 Å². The third-order valence-electron chi connectivity index (χ3n) is 15.3. The van der Waals surface area contributed by atoms with E-state index < -0.39 is 74.1 Å². The minimum atomic E-state index is -3.78. The fraction of sp³-hybridized carbons (Fsp3) is 0.491. The van der Waals surface area contributed by atoms with E-state index in [1.807, 2.05) is 64.4 Å². The molecule has 3 aromatic heterocycles. The number of amides is 3. The quantitative estimate of drug-likeness (QED) is 0.0581. The van der Waals surface area contributed by atoms with E-state index in [-0.39, 0.29) is 60.3 Å². The second-order valence-electron chi connectivity index (χ2n) is 22.5. The number of nitrogens with zero attached hydrogens (tertiary/aromatic N) is 6. The minimum absolute atomic E-state index is 0.0606. The Balaban J connectivity index is 0.759. The van der Waals surface area contributed by atoms with E-state index in [2.05, 4.69) is 31.4 Å². The van der Waals surface area contributed by atoms with E-state index in [1.54, 1.807) is 35.6 Å². The summed E-state index contributed by atoms with van der Waals surface area (Å²) in [5.41, 5.74) is 7.50. The maximum atomic E-state index is 15.4. The molecule has 1 saturated heterocycles. The second-order valence-corrected chi connectivity index (χ2v) is 25.5. The van der Waals surface area contributed by atoms with E-state index in [0.29, 0.717) is 54.0 Å². The Morgan fingerprint density at radius 3 is 2.39 bits per heavy atom. The summed E-state index contributed by atoms with van der Waals surface area (Å²) in [7, 11) is -2.19. The van der Waals surface area contributed by atoms with Crippen LogP contribution in [0.2, 0.25) is 0 Å². The number of hydrogen-bond donors (Lipinski definition) is 5. The number of β-amino-alcohol motifs (C(OH)–C–C–N with tert-alkyl or cyclic N) is 1. The number of aliphatic hydroxyl groups is 1. The summed E-state index contributed by atoms with van der Waals surface area (Å²) < 4.78 is 57.0. The number of sulfone groups is 1. The number of halogens is 2. The lowest BCUT2D eigenvalue weighted by Gasteiger charge is -2.35. The first-order valence-electron chi connectivity index (χ1n) is 27.0. The number of benzene rings is 1. The van der Waals surface area contributed by atoms with Crippen LogP contribution in [0.15, 0.2) is 87.0 Å². The summed E-state index contributed by atoms with van der Waals surface area (Å²) in [6, 6.07) is 8.28. The first-order chi connectivity index (χ1) is 37.5. The van der Waals surface area contributed by atoms with Gasteiger partial charge in [-0.1, -0.05) is 83.6 Å². The molecule has 5 aliphatic rings. The Hall–Kier alpha value is -6.62. The van der Waals surface area contributed by atoms with Gasteiger partial charge in [-0.05, 0) is 61.3 Å². The number of carbonyl (C=O) groups excluding carboxylic acids is 3. The van der Waals surface area contributed by atoms with E-state index in [4.69, 9.17) is 9.83 Å². The number of rotatable bonds is 20. The Morgan fingerprint density at radius 1 is 1.01 bits per heavy atom. The van der Waals surface area contributed by atoms with Crippen molar-refractivity contribution in [3.8, 4) is 10.4 Å². The normalized spacial score (nSPS) is 21.2. The number of aliphatic hydroxyl groups excluding tert-OH is 1. The van der Waals surface area contributed by atoms with Crippen LogP contribution >= 0.6 is 11.3 Å². The molecule has 79 heavy (non-hydrogen) atoms. The molecule has 9 rings (SSSR count). The SMILES string of the molecule is Cc1ncsc1-c1ccc([C@]2(C)N=C([C@@H]3C[C@@H](O)CN3C(=O)[C@H](NC(=O)CCCCCCCCCCNC(=O)C3=C(CS(C)(=O)=O)c4ccn(C)c(=O)c4C4=C5C3=CN(c3ncc(F)cc3F)C5CCN4)C(C)(C)C)NO2)cc1. The second kappa shape index (κ2) is 23.2. The van der Waals surface area contributed by atoms with Gasteiger partial charge in [0.2, 0.25) is 17.5 Å². The van der Waals surface area contributed by atoms with Crippen LogP contribution in [0, 0.1) is 24.0 Å². The van der Waals surface area contributed by atoms with Crippen molar-refractivity contribution in [2.45, 2.75) is 135 Å². The summed E-state index contributed by atoms with van der Waals surface area (Å²) in [4.78, 5) is 79.9. The average Bonchev–Trinajstić information content (AvgIpc) is 4.40. The molecule has 1 aliphatic carbocycles. The molecule has 1 unspecified atom stereocenters. The first-order valence-corrected chi connectivity index (χ1v) is 30.0. The molecular weight excluding hydrogens is 1050 g/mol. The van der Waals surface area contributed by atoms with Crippen LogP contribution in [0.5, 0.6) is 0 Å². The van der Waals surface area contributed by atoms with Crippen LogP contribution in [0.4, 0.5) is 14.6 Å². The van der Waals surface area contributed by atoms with Crippen molar-refractivity contribution in [1.82, 2.24) is 40.9 Å². The van der Waals surface area contributed by atoms with Crippen molar-refractivity contribution in [2.75, 3.05) is 36.5 Å². The van der Waals surface area contributed by atoms with Crippen molar-refractivity contribution >= 4 is 61.8 Å². The Labute approximate surface area is 463 Å². The summed E-state index contributed by atoms with van der Waals surface area (Å²) in [5, 5.41) is 20.2. The van der Waals surface area contributed by atoms with Gasteiger partial charge in [0, 0.05) is 81.0 Å². The van der Waals surface area contributed by atoms with Gasteiger partial charge in [-0.15, -0.1) is 11.3 Å². The molecule has 7 heterocycles. The number of hydrogen-bond acceptors (Lipinski definition) is 15. The van der Waals surface area contributed by atoms with Crippen LogP contribution in [0.3, 0.4) is 0 Å². The highest BCUT2D eigenvalue weighted by Crippen LogP contribution is 2.47. The lowest BCUT2D eigenvalue weighted by molar-refractivity contribution is -0.139. The van der Waals surface area contributed by atoms with Crippen molar-refractivity contribution in [3.63, 3.8) is 0 Å². The minimum Gasteiger partial charge on any atom is -0.391 e. The van der Waals surface area contributed by atoms with E-state index in [0.717, 1.165) is 78.7 Å². The number of nitrogens with one attached hydrogen (secondary N) is 4. The largest absolute Gasteiger partial charge is 0.391 e. The highest BCUT2D eigenvalue weighted by Gasteiger charge is 2.48. The molecule has 4 aromatic rings. The van der Waals surface area contributed by atoms with Gasteiger partial charge in [0.05, 0.1) is 63.1 Å². The van der Waals surface area contributed by atoms with Crippen LogP contribution in [-0.2, 0) is 41.8 Å². The number of unbranched alkanes of at least 4 members (excludes halogenated alkanes) is 7. The van der Waals surface area contributed by atoms with Gasteiger partial charge < -0.3 is 35.4 Å². The number of thiazole rings is 1. The molecule has 18 nitrogen and oxygen atoms in total. The standard InChI is InChI=1S/C57H70F2N10O8S2/c1-33-49(78-32-63-33)34-17-19-35(20-18-34)57(5)65-51(66-77-57)43-27-37(70)29-69(43)55(74)50(56(2,3)4)64-44(71)16-14-12-10-8-9-11-13-15-23-61-53(72)45-39-30-68(52-41(59)26-36(58)28-62-52)42-21-24-60-48(46(39)42)47-38(22-25-67(6)54(47)73)40(45)31-79(7,75)76/h17-20,22,25-26,28,30,32,37,42-43,50,60,70H,8-16,21,23-24,27,29,31H2,1-7H3,(H,61,72)(H,64,71)(H,65,66)/t37-,42?,43+,50+,57-/m1/s1. The Bertz CT molecular complexity index is 3330. The van der Waals surface area contributed by atoms with Crippen LogP contribution in [0.25, 0.3) is 21.7 Å². The van der Waals surface area contributed by atoms with E-state index >= 15 is 4.39 Å². The fourth-order valence-corrected chi connectivity index (χ4v) is 12.9. The van der Waals surface area contributed by atoms with E-state index in [9.17, 15) is 37.1 Å². The first kappa shape index (κ1) is 57.1. The highest BCUT2D eigenvalue weighted by atomic mass is 32.2. The molecule has 0 bridgehead atoms. The van der Waals surface area contributed by atoms with Gasteiger partial charge in [-0.3, -0.25) is 19.2 Å². The number of aryl methyl sites for hydroxylation is 2. The number of pyridine rings is 2. The van der Waals surface area contributed by atoms with Crippen LogP contribution in [0.1, 0.15) is 121 Å². The summed E-state index contributed by atoms with van der Waals surface area (Å²) in [5.74, 6) is -3.11. The molecule has 3 amide bonds. The lowest BCUT2D eigenvalue weighted by atomic mass is 9.85. The molecule has 4 aliphatic heterocycles. The smallest absolute Gasteiger partial charge is 0.260 e. The zero-order valence-corrected chi connectivity index (χ0v) is 47.4. The predicted molar refractivity (Wildman–Crippen MR) is 300 cm³/mol. The number of fused-ring (bicyclic) bond motifs is 2. The van der Waals surface area contributed by atoms with Crippen LogP contribution < -0.4 is 31.9 Å². The van der Waals surface area contributed by atoms with Crippen molar-refractivity contribution < 1.29 is 41.5 Å². The molecule has 0 saturated carbocycles. The van der Waals surface area contributed by atoms with Gasteiger partial charge in [0.15, 0.2) is 21.5 Å². The van der Waals surface area contributed by atoms with Crippen molar-refractivity contribution in [3.05, 3.63) is 122 Å². The molecule has 5 atom stereocenters. The number of amidine groups is 1. The van der Waals surface area contributed by atoms with Gasteiger partial charge in [-0.2, -0.15) is 0 Å². The number of aromatic nitrogens is 3. The monoisotopic (exact) mass is 1120 g/mol.